The van der Waals surface area contributed by atoms with E-state index in [2.05, 4.69) is 37.2 Å². The van der Waals surface area contributed by atoms with Crippen molar-refractivity contribution in [1.82, 2.24) is 0 Å². The number of nitrogens with two attached hydrogens (primary N) is 1. The fourth-order valence-electron chi connectivity index (χ4n) is 1.78. The molecule has 2 aromatic carbocycles. The molecular weight excluding hydrogens is 410 g/mol. The molecule has 0 fully saturated rings. The fourth-order valence-corrected chi connectivity index (χ4v) is 2.66. The Morgan fingerprint density at radius 1 is 1.10 bits per heavy atom. The molecule has 2 rings (SSSR count). The Balaban J connectivity index is 2.40. The van der Waals surface area contributed by atoms with E-state index in [0.29, 0.717) is 15.7 Å². The molecule has 0 aliphatic rings. The Morgan fingerprint density at radius 3 is 2.19 bits per heavy atom. The first-order valence-corrected chi connectivity index (χ1v) is 7.39. The molecule has 0 saturated carbocycles. The number of anilines is 2. The Bertz CT molecular complexity index is 712. The van der Waals surface area contributed by atoms with Crippen molar-refractivity contribution < 1.29 is 13.6 Å². The molecule has 3 N–H and O–H groups in total. The summed E-state index contributed by atoms with van der Waals surface area (Å²) in [5.74, 6) is -2.37. The van der Waals surface area contributed by atoms with E-state index >= 15 is 0 Å². The maximum absolute atomic E-state index is 13.7. The highest BCUT2D eigenvalue weighted by Crippen LogP contribution is 2.27. The molecule has 0 bridgehead atoms. The summed E-state index contributed by atoms with van der Waals surface area (Å²) >= 11 is 6.20. The van der Waals surface area contributed by atoms with Gasteiger partial charge in [-0.25, -0.2) is 8.78 Å². The van der Waals surface area contributed by atoms with Gasteiger partial charge in [0.1, 0.15) is 5.69 Å². The minimum Gasteiger partial charge on any atom is -0.398 e. The maximum Gasteiger partial charge on any atom is 0.256 e. The molecule has 0 atom stereocenters. The largest absolute Gasteiger partial charge is 0.398 e. The third-order valence-electron chi connectivity index (χ3n) is 2.90. The van der Waals surface area contributed by atoms with Crippen molar-refractivity contribution in [1.29, 1.82) is 0 Å². The third kappa shape index (κ3) is 3.41. The number of rotatable bonds is 2. The first kappa shape index (κ1) is 15.9. The molecule has 0 radical (unpaired) electrons. The number of benzene rings is 2. The van der Waals surface area contributed by atoms with E-state index in [0.717, 1.165) is 12.1 Å². The second-order valence-electron chi connectivity index (χ2n) is 4.37. The Morgan fingerprint density at radius 2 is 1.62 bits per heavy atom. The van der Waals surface area contributed by atoms with E-state index in [9.17, 15) is 13.6 Å². The normalized spacial score (nSPS) is 10.5. The molecule has 7 heteroatoms. The van der Waals surface area contributed by atoms with Gasteiger partial charge in [0, 0.05) is 20.2 Å². The monoisotopic (exact) mass is 418 g/mol. The molecule has 0 saturated heterocycles. The van der Waals surface area contributed by atoms with Crippen LogP contribution in [0.2, 0.25) is 0 Å². The fraction of sp³-hybridized carbons (Fsp3) is 0.0714. The predicted molar refractivity (Wildman–Crippen MR) is 85.3 cm³/mol. The summed E-state index contributed by atoms with van der Waals surface area (Å²) in [6, 6.07) is 5.32. The van der Waals surface area contributed by atoms with Gasteiger partial charge in [-0.2, -0.15) is 0 Å². The number of hydrogen-bond donors (Lipinski definition) is 2. The molecular formula is C14H10Br2F2N2O. The van der Waals surface area contributed by atoms with Gasteiger partial charge in [-0.1, -0.05) is 31.9 Å². The molecule has 0 unspecified atom stereocenters. The van der Waals surface area contributed by atoms with Crippen LogP contribution in [0.25, 0.3) is 0 Å². The lowest BCUT2D eigenvalue weighted by Crippen LogP contribution is -2.16. The van der Waals surface area contributed by atoms with E-state index in [4.69, 9.17) is 5.73 Å². The Labute approximate surface area is 136 Å². The number of nitrogen functional groups attached to an aromatic ring is 1. The molecule has 3 nitrogen and oxygen atoms in total. The Kier molecular flexibility index (Phi) is 4.63. The molecule has 0 heterocycles. The second-order valence-corrected chi connectivity index (χ2v) is 6.20. The van der Waals surface area contributed by atoms with Crippen LogP contribution in [0.4, 0.5) is 20.2 Å². The van der Waals surface area contributed by atoms with Crippen molar-refractivity contribution in [3.8, 4) is 0 Å². The molecule has 21 heavy (non-hydrogen) atoms. The summed E-state index contributed by atoms with van der Waals surface area (Å²) in [5.41, 5.74) is 6.45. The summed E-state index contributed by atoms with van der Waals surface area (Å²) in [5, 5.41) is 2.23. The van der Waals surface area contributed by atoms with Crippen molar-refractivity contribution in [3.63, 3.8) is 0 Å². The minimum absolute atomic E-state index is 0.239. The highest BCUT2D eigenvalue weighted by Gasteiger charge is 2.17. The van der Waals surface area contributed by atoms with Crippen LogP contribution < -0.4 is 11.1 Å². The van der Waals surface area contributed by atoms with Gasteiger partial charge >= 0.3 is 0 Å². The molecule has 2 aromatic rings. The van der Waals surface area contributed by atoms with E-state index in [1.54, 1.807) is 13.0 Å². The average Bonchev–Trinajstić information content (AvgIpc) is 2.37. The van der Waals surface area contributed by atoms with Crippen LogP contribution >= 0.6 is 31.9 Å². The lowest BCUT2D eigenvalue weighted by Gasteiger charge is -2.12. The molecule has 0 aromatic heterocycles. The van der Waals surface area contributed by atoms with Gasteiger partial charge in [0.2, 0.25) is 0 Å². The molecule has 1 amide bonds. The van der Waals surface area contributed by atoms with Gasteiger partial charge in [-0.15, -0.1) is 0 Å². The van der Waals surface area contributed by atoms with Crippen LogP contribution in [0.3, 0.4) is 0 Å². The van der Waals surface area contributed by atoms with Crippen molar-refractivity contribution in [3.05, 3.63) is 56.0 Å². The number of amides is 1. The highest BCUT2D eigenvalue weighted by atomic mass is 79.9. The van der Waals surface area contributed by atoms with E-state index in [1.807, 2.05) is 0 Å². The number of carbonyl (C=O) groups excluding carboxylic acids is 1. The van der Waals surface area contributed by atoms with Gasteiger partial charge in [-0.3, -0.25) is 4.79 Å². The van der Waals surface area contributed by atoms with Gasteiger partial charge < -0.3 is 11.1 Å². The SMILES string of the molecule is Cc1c(N)cc(Br)cc1C(=O)Nc1c(F)cc(Br)cc1F. The zero-order valence-electron chi connectivity index (χ0n) is 10.8. The molecule has 0 spiro atoms. The molecule has 0 aliphatic carbocycles. The zero-order chi connectivity index (χ0) is 15.7. The van der Waals surface area contributed by atoms with Crippen molar-refractivity contribution in [2.45, 2.75) is 6.92 Å². The summed E-state index contributed by atoms with van der Waals surface area (Å²) in [6.07, 6.45) is 0. The third-order valence-corrected chi connectivity index (χ3v) is 3.82. The lowest BCUT2D eigenvalue weighted by molar-refractivity contribution is 0.102. The first-order chi connectivity index (χ1) is 9.79. The topological polar surface area (TPSA) is 55.1 Å². The second kappa shape index (κ2) is 6.11. The van der Waals surface area contributed by atoms with E-state index in [1.165, 1.54) is 6.07 Å². The smallest absolute Gasteiger partial charge is 0.256 e. The molecule has 0 aliphatic heterocycles. The predicted octanol–water partition coefficient (Wildman–Crippen LogP) is 4.63. The quantitative estimate of drug-likeness (QED) is 0.697. The van der Waals surface area contributed by atoms with Crippen LogP contribution in [0.15, 0.2) is 33.2 Å². The van der Waals surface area contributed by atoms with Gasteiger partial charge in [-0.05, 0) is 36.8 Å². The number of carbonyl (C=O) groups is 1. The summed E-state index contributed by atoms with van der Waals surface area (Å²) < 4.78 is 28.3. The van der Waals surface area contributed by atoms with Crippen LogP contribution in [-0.2, 0) is 0 Å². The van der Waals surface area contributed by atoms with Gasteiger partial charge in [0.25, 0.3) is 5.91 Å². The minimum atomic E-state index is -0.865. The zero-order valence-corrected chi connectivity index (χ0v) is 14.0. The van der Waals surface area contributed by atoms with Crippen molar-refractivity contribution >= 4 is 49.1 Å². The van der Waals surface area contributed by atoms with Crippen LogP contribution in [0.1, 0.15) is 15.9 Å². The van der Waals surface area contributed by atoms with Crippen LogP contribution in [0.5, 0.6) is 0 Å². The van der Waals surface area contributed by atoms with Gasteiger partial charge in [0.05, 0.1) is 0 Å². The number of nitrogens with one attached hydrogen (secondary N) is 1. The Hall–Kier alpha value is -1.47. The number of halogens is 4. The average molecular weight is 420 g/mol. The summed E-state index contributed by atoms with van der Waals surface area (Å²) in [7, 11) is 0. The van der Waals surface area contributed by atoms with E-state index in [-0.39, 0.29) is 10.0 Å². The number of hydrogen-bond acceptors (Lipinski definition) is 2. The van der Waals surface area contributed by atoms with Crippen molar-refractivity contribution in [2.75, 3.05) is 11.1 Å². The van der Waals surface area contributed by atoms with E-state index < -0.39 is 23.2 Å². The molecule has 110 valence electrons. The summed E-state index contributed by atoms with van der Waals surface area (Å²) in [6.45, 7) is 1.66. The maximum atomic E-state index is 13.7. The highest BCUT2D eigenvalue weighted by molar-refractivity contribution is 9.10. The van der Waals surface area contributed by atoms with Crippen molar-refractivity contribution in [2.24, 2.45) is 0 Å². The van der Waals surface area contributed by atoms with Crippen LogP contribution in [-0.4, -0.2) is 5.91 Å². The van der Waals surface area contributed by atoms with Gasteiger partial charge in [0.15, 0.2) is 11.6 Å². The lowest BCUT2D eigenvalue weighted by atomic mass is 10.1. The standard InChI is InChI=1S/C14H10Br2F2N2O/c1-6-9(2-7(15)5-12(6)19)14(21)20-13-10(17)3-8(16)4-11(13)18/h2-5H,19H2,1H3,(H,20,21). The first-order valence-electron chi connectivity index (χ1n) is 5.81. The van der Waals surface area contributed by atoms with Crippen LogP contribution in [0, 0.1) is 18.6 Å². The summed E-state index contributed by atoms with van der Waals surface area (Å²) in [4.78, 5) is 12.2.